The topological polar surface area (TPSA) is 50.7 Å². The fraction of sp³-hybridized carbons (Fsp3) is 0.647. The molecule has 1 atom stereocenters. The molecule has 1 aromatic carbocycles. The zero-order chi connectivity index (χ0) is 15.7. The van der Waals surface area contributed by atoms with Crippen LogP contribution in [0.4, 0.5) is 0 Å². The van der Waals surface area contributed by atoms with E-state index in [1.54, 1.807) is 7.11 Å². The van der Waals surface area contributed by atoms with Crippen molar-refractivity contribution in [2.24, 2.45) is 0 Å². The molecule has 1 unspecified atom stereocenters. The molecule has 0 amide bonds. The van der Waals surface area contributed by atoms with E-state index in [1.165, 1.54) is 0 Å². The Morgan fingerprint density at radius 1 is 1.14 bits per heavy atom. The van der Waals surface area contributed by atoms with E-state index in [9.17, 15) is 5.11 Å². The van der Waals surface area contributed by atoms with Crippen LogP contribution in [-0.2, 0) is 0 Å². The number of ether oxygens (including phenoxy) is 2. The molecule has 0 aromatic heterocycles. The summed E-state index contributed by atoms with van der Waals surface area (Å²) in [4.78, 5) is 0. The van der Waals surface area contributed by atoms with Crippen LogP contribution in [0.15, 0.2) is 24.3 Å². The van der Waals surface area contributed by atoms with Crippen LogP contribution in [0.5, 0.6) is 11.5 Å². The van der Waals surface area contributed by atoms with Crippen molar-refractivity contribution < 1.29 is 14.6 Å². The summed E-state index contributed by atoms with van der Waals surface area (Å²) in [5.74, 6) is 1.70. The van der Waals surface area contributed by atoms with Gasteiger partial charge in [-0.1, -0.05) is 13.8 Å². The van der Waals surface area contributed by atoms with Crippen LogP contribution in [-0.4, -0.2) is 37.0 Å². The lowest BCUT2D eigenvalue weighted by atomic mass is 9.95. The largest absolute Gasteiger partial charge is 0.497 e. The molecule has 1 rings (SSSR count). The summed E-state index contributed by atoms with van der Waals surface area (Å²) < 4.78 is 10.8. The summed E-state index contributed by atoms with van der Waals surface area (Å²) in [6.45, 7) is 7.11. The minimum atomic E-state index is -0.200. The van der Waals surface area contributed by atoms with Gasteiger partial charge in [-0.25, -0.2) is 0 Å². The van der Waals surface area contributed by atoms with Gasteiger partial charge in [0.15, 0.2) is 0 Å². The van der Waals surface area contributed by atoms with Crippen LogP contribution in [0.2, 0.25) is 0 Å². The summed E-state index contributed by atoms with van der Waals surface area (Å²) in [6.07, 6.45) is 2.93. The molecule has 2 N–H and O–H groups in total. The fourth-order valence-corrected chi connectivity index (χ4v) is 2.37. The second-order valence-corrected chi connectivity index (χ2v) is 6.00. The Bertz CT molecular complexity index is 392. The zero-order valence-electron chi connectivity index (χ0n) is 13.7. The number of nitrogens with one attached hydrogen (secondary N) is 1. The molecule has 0 bridgehead atoms. The first-order valence-electron chi connectivity index (χ1n) is 7.64. The van der Waals surface area contributed by atoms with Gasteiger partial charge >= 0.3 is 0 Å². The van der Waals surface area contributed by atoms with Gasteiger partial charge in [-0.3, -0.25) is 0 Å². The van der Waals surface area contributed by atoms with Crippen molar-refractivity contribution in [3.8, 4) is 11.5 Å². The number of benzene rings is 1. The van der Waals surface area contributed by atoms with Crippen molar-refractivity contribution >= 4 is 0 Å². The van der Waals surface area contributed by atoms with Crippen molar-refractivity contribution in [3.05, 3.63) is 24.3 Å². The lowest BCUT2D eigenvalue weighted by Gasteiger charge is -2.31. The highest BCUT2D eigenvalue weighted by Crippen LogP contribution is 2.18. The van der Waals surface area contributed by atoms with Crippen molar-refractivity contribution in [2.45, 2.75) is 51.6 Å². The van der Waals surface area contributed by atoms with E-state index in [-0.39, 0.29) is 12.1 Å². The van der Waals surface area contributed by atoms with Crippen LogP contribution in [0, 0.1) is 0 Å². The first kappa shape index (κ1) is 17.8. The van der Waals surface area contributed by atoms with Crippen molar-refractivity contribution in [3.63, 3.8) is 0 Å². The quantitative estimate of drug-likeness (QED) is 0.652. The van der Waals surface area contributed by atoms with Gasteiger partial charge in [-0.15, -0.1) is 0 Å². The highest BCUT2D eigenvalue weighted by atomic mass is 16.5. The Balaban J connectivity index is 2.23. The smallest absolute Gasteiger partial charge is 0.119 e. The van der Waals surface area contributed by atoms with Gasteiger partial charge < -0.3 is 19.9 Å². The normalized spacial score (nSPS) is 14.0. The minimum absolute atomic E-state index is 0.157. The van der Waals surface area contributed by atoms with E-state index >= 15 is 0 Å². The van der Waals surface area contributed by atoms with E-state index < -0.39 is 0 Å². The highest BCUT2D eigenvalue weighted by Gasteiger charge is 2.22. The predicted octanol–water partition coefficient (Wildman–Crippen LogP) is 2.99. The summed E-state index contributed by atoms with van der Waals surface area (Å²) in [5, 5.41) is 12.9. The van der Waals surface area contributed by atoms with E-state index in [1.807, 2.05) is 24.3 Å². The Hall–Kier alpha value is -1.26. The standard InChI is InChI=1S/C17H29NO3/c1-14(2)18-17(3,13-19)11-5-6-12-21-16-9-7-15(20-4)8-10-16/h7-10,14,18-19H,5-6,11-13H2,1-4H3. The van der Waals surface area contributed by atoms with Gasteiger partial charge in [0.25, 0.3) is 0 Å². The monoisotopic (exact) mass is 295 g/mol. The molecular weight excluding hydrogens is 266 g/mol. The summed E-state index contributed by atoms with van der Waals surface area (Å²) in [6, 6.07) is 7.99. The maximum absolute atomic E-state index is 9.51. The summed E-state index contributed by atoms with van der Waals surface area (Å²) >= 11 is 0. The molecule has 0 aliphatic carbocycles. The number of methoxy groups -OCH3 is 1. The predicted molar refractivity (Wildman–Crippen MR) is 86.1 cm³/mol. The highest BCUT2D eigenvalue weighted by molar-refractivity contribution is 5.31. The zero-order valence-corrected chi connectivity index (χ0v) is 13.7. The molecule has 1 aromatic rings. The molecule has 0 heterocycles. The first-order chi connectivity index (χ1) is 9.99. The van der Waals surface area contributed by atoms with Crippen LogP contribution < -0.4 is 14.8 Å². The molecule has 0 saturated carbocycles. The molecule has 0 spiro atoms. The van der Waals surface area contributed by atoms with Gasteiger partial charge in [0.1, 0.15) is 11.5 Å². The van der Waals surface area contributed by atoms with Crippen LogP contribution in [0.3, 0.4) is 0 Å². The van der Waals surface area contributed by atoms with Gasteiger partial charge in [0, 0.05) is 11.6 Å². The number of hydrogen-bond donors (Lipinski definition) is 2. The molecule has 0 radical (unpaired) electrons. The van der Waals surface area contributed by atoms with Crippen LogP contribution >= 0.6 is 0 Å². The van der Waals surface area contributed by atoms with Gasteiger partial charge in [-0.05, 0) is 50.5 Å². The van der Waals surface area contributed by atoms with Crippen molar-refractivity contribution in [2.75, 3.05) is 20.3 Å². The molecule has 120 valence electrons. The number of unbranched alkanes of at least 4 members (excludes halogenated alkanes) is 1. The molecule has 0 aliphatic heterocycles. The third-order valence-electron chi connectivity index (χ3n) is 3.44. The van der Waals surface area contributed by atoms with Crippen molar-refractivity contribution in [1.29, 1.82) is 0 Å². The average Bonchev–Trinajstić information content (AvgIpc) is 2.47. The number of aliphatic hydroxyl groups is 1. The van der Waals surface area contributed by atoms with E-state index in [2.05, 4.69) is 26.1 Å². The average molecular weight is 295 g/mol. The molecule has 4 heteroatoms. The van der Waals surface area contributed by atoms with E-state index in [4.69, 9.17) is 9.47 Å². The van der Waals surface area contributed by atoms with Gasteiger partial charge in [-0.2, -0.15) is 0 Å². The number of rotatable bonds is 10. The summed E-state index contributed by atoms with van der Waals surface area (Å²) in [7, 11) is 1.65. The summed E-state index contributed by atoms with van der Waals surface area (Å²) in [5.41, 5.74) is -0.200. The Morgan fingerprint density at radius 3 is 2.29 bits per heavy atom. The minimum Gasteiger partial charge on any atom is -0.497 e. The SMILES string of the molecule is COc1ccc(OCCCCC(C)(CO)NC(C)C)cc1. The molecule has 4 nitrogen and oxygen atoms in total. The van der Waals surface area contributed by atoms with Gasteiger partial charge in [0.2, 0.25) is 0 Å². The molecular formula is C17H29NO3. The van der Waals surface area contributed by atoms with Gasteiger partial charge in [0.05, 0.1) is 20.3 Å². The Morgan fingerprint density at radius 2 is 1.76 bits per heavy atom. The lowest BCUT2D eigenvalue weighted by molar-refractivity contribution is 0.152. The van der Waals surface area contributed by atoms with E-state index in [0.29, 0.717) is 12.6 Å². The third-order valence-corrected chi connectivity index (χ3v) is 3.44. The maximum atomic E-state index is 9.51. The molecule has 0 saturated heterocycles. The van der Waals surface area contributed by atoms with E-state index in [0.717, 1.165) is 30.8 Å². The van der Waals surface area contributed by atoms with Crippen molar-refractivity contribution in [1.82, 2.24) is 5.32 Å². The second-order valence-electron chi connectivity index (χ2n) is 6.00. The lowest BCUT2D eigenvalue weighted by Crippen LogP contribution is -2.49. The second kappa shape index (κ2) is 8.90. The number of hydrogen-bond acceptors (Lipinski definition) is 4. The number of aliphatic hydroxyl groups excluding tert-OH is 1. The molecule has 0 aliphatic rings. The maximum Gasteiger partial charge on any atom is 0.119 e. The third kappa shape index (κ3) is 6.82. The fourth-order valence-electron chi connectivity index (χ4n) is 2.37. The molecule has 0 fully saturated rings. The van der Waals surface area contributed by atoms with Crippen LogP contribution in [0.1, 0.15) is 40.0 Å². The molecule has 21 heavy (non-hydrogen) atoms. The first-order valence-corrected chi connectivity index (χ1v) is 7.64. The van der Waals surface area contributed by atoms with Crippen LogP contribution in [0.25, 0.3) is 0 Å². The Kier molecular flexibility index (Phi) is 7.54. The Labute approximate surface area is 128 Å².